The minimum Gasteiger partial charge on any atom is -0.371 e. The fourth-order valence-electron chi connectivity index (χ4n) is 2.11. The van der Waals surface area contributed by atoms with Gasteiger partial charge in [0.2, 0.25) is 0 Å². The van der Waals surface area contributed by atoms with Gasteiger partial charge in [-0.1, -0.05) is 22.0 Å². The predicted molar refractivity (Wildman–Crippen MR) is 69.3 cm³/mol. The number of hydrogen-bond acceptors (Lipinski definition) is 3. The van der Waals surface area contributed by atoms with Gasteiger partial charge in [-0.05, 0) is 25.5 Å². The van der Waals surface area contributed by atoms with Gasteiger partial charge in [-0.15, -0.1) is 0 Å². The highest BCUT2D eigenvalue weighted by molar-refractivity contribution is 9.09. The summed E-state index contributed by atoms with van der Waals surface area (Å²) in [6.45, 7) is 6.04. The van der Waals surface area contributed by atoms with Crippen LogP contribution in [0.3, 0.4) is 0 Å². The third-order valence-electron chi connectivity index (χ3n) is 2.78. The van der Waals surface area contributed by atoms with Crippen LogP contribution in [0.15, 0.2) is 18.3 Å². The molecular weight excluding hydrogens is 268 g/mol. The summed E-state index contributed by atoms with van der Waals surface area (Å²) in [5.74, 6) is 1.09. The van der Waals surface area contributed by atoms with Crippen molar-refractivity contribution in [3.63, 3.8) is 0 Å². The number of halogens is 1. The lowest BCUT2D eigenvalue weighted by atomic mass is 10.2. The SMILES string of the molecule is Cc1cccnc1N1CC(C)OC(CBr)C1. The molecule has 0 N–H and O–H groups in total. The van der Waals surface area contributed by atoms with Crippen LogP contribution in [-0.2, 0) is 4.74 Å². The van der Waals surface area contributed by atoms with Gasteiger partial charge in [0.15, 0.2) is 0 Å². The van der Waals surface area contributed by atoms with Gasteiger partial charge in [-0.3, -0.25) is 0 Å². The molecule has 2 unspecified atom stereocenters. The van der Waals surface area contributed by atoms with Gasteiger partial charge in [0, 0.05) is 24.6 Å². The number of aromatic nitrogens is 1. The number of rotatable bonds is 2. The highest BCUT2D eigenvalue weighted by Crippen LogP contribution is 2.21. The van der Waals surface area contributed by atoms with Gasteiger partial charge >= 0.3 is 0 Å². The Kier molecular flexibility index (Phi) is 3.82. The van der Waals surface area contributed by atoms with Gasteiger partial charge in [0.05, 0.1) is 12.2 Å². The van der Waals surface area contributed by atoms with E-state index in [0.717, 1.165) is 24.2 Å². The molecule has 0 saturated carbocycles. The van der Waals surface area contributed by atoms with E-state index in [-0.39, 0.29) is 12.2 Å². The van der Waals surface area contributed by atoms with Crippen molar-refractivity contribution in [3.8, 4) is 0 Å². The number of hydrogen-bond donors (Lipinski definition) is 0. The largest absolute Gasteiger partial charge is 0.371 e. The van der Waals surface area contributed by atoms with Crippen LogP contribution in [0.4, 0.5) is 5.82 Å². The average molecular weight is 285 g/mol. The molecule has 0 spiro atoms. The lowest BCUT2D eigenvalue weighted by molar-refractivity contribution is -0.00226. The number of anilines is 1. The van der Waals surface area contributed by atoms with Crippen LogP contribution in [-0.4, -0.2) is 35.6 Å². The summed E-state index contributed by atoms with van der Waals surface area (Å²) in [6, 6.07) is 4.08. The van der Waals surface area contributed by atoms with E-state index >= 15 is 0 Å². The third-order valence-corrected chi connectivity index (χ3v) is 3.50. The van der Waals surface area contributed by atoms with Crippen molar-refractivity contribution in [1.82, 2.24) is 4.98 Å². The van der Waals surface area contributed by atoms with Crippen molar-refractivity contribution in [3.05, 3.63) is 23.9 Å². The first-order valence-electron chi connectivity index (χ1n) is 5.58. The lowest BCUT2D eigenvalue weighted by Gasteiger charge is -2.37. The molecule has 1 saturated heterocycles. The molecular formula is C12H17BrN2O. The van der Waals surface area contributed by atoms with Crippen LogP contribution < -0.4 is 4.90 Å². The topological polar surface area (TPSA) is 25.4 Å². The molecule has 2 heterocycles. The first-order chi connectivity index (χ1) is 7.70. The molecule has 0 aromatic carbocycles. The Labute approximate surface area is 105 Å². The summed E-state index contributed by atoms with van der Waals surface area (Å²) >= 11 is 3.48. The zero-order chi connectivity index (χ0) is 11.5. The second-order valence-electron chi connectivity index (χ2n) is 4.27. The molecule has 0 bridgehead atoms. The Morgan fingerprint density at radius 2 is 2.38 bits per heavy atom. The van der Waals surface area contributed by atoms with E-state index < -0.39 is 0 Å². The average Bonchev–Trinajstić information content (AvgIpc) is 2.28. The molecule has 16 heavy (non-hydrogen) atoms. The molecule has 1 aromatic heterocycles. The van der Waals surface area contributed by atoms with E-state index in [1.807, 2.05) is 12.3 Å². The number of ether oxygens (including phenoxy) is 1. The summed E-state index contributed by atoms with van der Waals surface area (Å²) < 4.78 is 5.81. The summed E-state index contributed by atoms with van der Waals surface area (Å²) in [5, 5.41) is 0.875. The predicted octanol–water partition coefficient (Wildman–Crippen LogP) is 2.38. The maximum atomic E-state index is 5.81. The zero-order valence-electron chi connectivity index (χ0n) is 9.69. The van der Waals surface area contributed by atoms with Crippen molar-refractivity contribution in [2.75, 3.05) is 23.3 Å². The smallest absolute Gasteiger partial charge is 0.131 e. The van der Waals surface area contributed by atoms with E-state index in [1.165, 1.54) is 5.56 Å². The minimum atomic E-state index is 0.255. The number of alkyl halides is 1. The molecule has 4 heteroatoms. The molecule has 1 fully saturated rings. The van der Waals surface area contributed by atoms with Gasteiger partial charge in [-0.2, -0.15) is 0 Å². The van der Waals surface area contributed by atoms with Gasteiger partial charge in [0.25, 0.3) is 0 Å². The van der Waals surface area contributed by atoms with Crippen molar-refractivity contribution < 1.29 is 4.74 Å². The highest BCUT2D eigenvalue weighted by atomic mass is 79.9. The zero-order valence-corrected chi connectivity index (χ0v) is 11.3. The normalized spacial score (nSPS) is 25.8. The van der Waals surface area contributed by atoms with Crippen LogP contribution in [0.5, 0.6) is 0 Å². The maximum Gasteiger partial charge on any atom is 0.131 e. The fourth-order valence-corrected chi connectivity index (χ4v) is 2.47. The molecule has 0 amide bonds. The van der Waals surface area contributed by atoms with Crippen molar-refractivity contribution in [1.29, 1.82) is 0 Å². The van der Waals surface area contributed by atoms with E-state index in [9.17, 15) is 0 Å². The summed E-state index contributed by atoms with van der Waals surface area (Å²) in [7, 11) is 0. The maximum absolute atomic E-state index is 5.81. The van der Waals surface area contributed by atoms with Crippen molar-refractivity contribution in [2.45, 2.75) is 26.1 Å². The number of nitrogens with zero attached hydrogens (tertiary/aromatic N) is 2. The first-order valence-corrected chi connectivity index (χ1v) is 6.71. The molecule has 1 aliphatic rings. The molecule has 2 rings (SSSR count). The Hall–Kier alpha value is -0.610. The molecule has 2 atom stereocenters. The van der Waals surface area contributed by atoms with Crippen molar-refractivity contribution in [2.24, 2.45) is 0 Å². The van der Waals surface area contributed by atoms with E-state index in [2.05, 4.69) is 45.7 Å². The van der Waals surface area contributed by atoms with Crippen molar-refractivity contribution >= 4 is 21.7 Å². The summed E-state index contributed by atoms with van der Waals surface area (Å²) in [6.07, 6.45) is 2.37. The second-order valence-corrected chi connectivity index (χ2v) is 4.92. The quantitative estimate of drug-likeness (QED) is 0.780. The first kappa shape index (κ1) is 11.9. The van der Waals surface area contributed by atoms with E-state index in [4.69, 9.17) is 4.74 Å². The highest BCUT2D eigenvalue weighted by Gasteiger charge is 2.25. The monoisotopic (exact) mass is 284 g/mol. The molecule has 3 nitrogen and oxygen atoms in total. The lowest BCUT2D eigenvalue weighted by Crippen LogP contribution is -2.47. The fraction of sp³-hybridized carbons (Fsp3) is 0.583. The number of morpholine rings is 1. The Bertz CT molecular complexity index is 359. The van der Waals surface area contributed by atoms with Crippen LogP contribution in [0.2, 0.25) is 0 Å². The summed E-state index contributed by atoms with van der Waals surface area (Å²) in [5.41, 5.74) is 1.23. The molecule has 1 aliphatic heterocycles. The van der Waals surface area contributed by atoms with Crippen LogP contribution in [0, 0.1) is 6.92 Å². The number of aryl methyl sites for hydroxylation is 1. The van der Waals surface area contributed by atoms with Gasteiger partial charge in [0.1, 0.15) is 5.82 Å². The molecule has 0 aliphatic carbocycles. The summed E-state index contributed by atoms with van der Waals surface area (Å²) in [4.78, 5) is 6.78. The van der Waals surface area contributed by atoms with Crippen LogP contribution >= 0.6 is 15.9 Å². The van der Waals surface area contributed by atoms with E-state index in [1.54, 1.807) is 0 Å². The minimum absolute atomic E-state index is 0.255. The Morgan fingerprint density at radius 1 is 1.56 bits per heavy atom. The van der Waals surface area contributed by atoms with Gasteiger partial charge in [-0.25, -0.2) is 4.98 Å². The van der Waals surface area contributed by atoms with Gasteiger partial charge < -0.3 is 9.64 Å². The number of pyridine rings is 1. The molecule has 1 aromatic rings. The second kappa shape index (κ2) is 5.15. The van der Waals surface area contributed by atoms with E-state index in [0.29, 0.717) is 0 Å². The van der Waals surface area contributed by atoms with Crippen LogP contribution in [0.1, 0.15) is 12.5 Å². The Morgan fingerprint density at radius 3 is 3.06 bits per heavy atom. The van der Waals surface area contributed by atoms with Crippen LogP contribution in [0.25, 0.3) is 0 Å². The molecule has 0 radical (unpaired) electrons. The third kappa shape index (κ3) is 2.55. The standard InChI is InChI=1S/C12H17BrN2O/c1-9-4-3-5-14-12(9)15-7-10(2)16-11(6-13)8-15/h3-5,10-11H,6-8H2,1-2H3. The molecule has 88 valence electrons. The Balaban J connectivity index is 2.17.